The fourth-order valence-corrected chi connectivity index (χ4v) is 2.87. The van der Waals surface area contributed by atoms with E-state index >= 15 is 0 Å². The van der Waals surface area contributed by atoms with E-state index in [4.69, 9.17) is 30.5 Å². The van der Waals surface area contributed by atoms with Crippen LogP contribution in [0.5, 0.6) is 17.2 Å². The molecule has 1 unspecified atom stereocenters. The van der Waals surface area contributed by atoms with Gasteiger partial charge in [-0.25, -0.2) is 0 Å². The highest BCUT2D eigenvalue weighted by Gasteiger charge is 2.31. The molecular formula is C17H18ClNO4. The largest absolute Gasteiger partial charge is 0.493 e. The predicted octanol–water partition coefficient (Wildman–Crippen LogP) is 3.36. The number of hydrogen-bond acceptors (Lipinski definition) is 5. The first-order chi connectivity index (χ1) is 11.1. The molecule has 2 aliphatic rings. The van der Waals surface area contributed by atoms with Crippen LogP contribution in [0.15, 0.2) is 41.3 Å². The third-order valence-electron chi connectivity index (χ3n) is 3.88. The standard InChI is InChI=1S/C17H18ClNO4/c1-19-6-5-11(18)16-12(19)9-13(23-16)10-7-14(20-2)17(22-4)15(8-10)21-3/h5-9,12H,1-4H3. The number of likely N-dealkylation sites (N-methyl/N-ethyl adjacent to an activating group) is 1. The molecule has 0 fully saturated rings. The third-order valence-corrected chi connectivity index (χ3v) is 4.19. The molecule has 1 aromatic rings. The molecule has 1 atom stereocenters. The van der Waals surface area contributed by atoms with Crippen LogP contribution in [0.25, 0.3) is 5.76 Å². The van der Waals surface area contributed by atoms with Gasteiger partial charge in [-0.3, -0.25) is 0 Å². The fraction of sp³-hybridized carbons (Fsp3) is 0.294. The Balaban J connectivity index is 2.04. The van der Waals surface area contributed by atoms with E-state index in [9.17, 15) is 0 Å². The molecule has 0 saturated heterocycles. The smallest absolute Gasteiger partial charge is 0.203 e. The molecule has 2 heterocycles. The lowest BCUT2D eigenvalue weighted by atomic mass is 10.1. The average Bonchev–Trinajstić information content (AvgIpc) is 3.03. The van der Waals surface area contributed by atoms with Crippen molar-refractivity contribution >= 4 is 17.4 Å². The maximum Gasteiger partial charge on any atom is 0.203 e. The molecule has 0 spiro atoms. The van der Waals surface area contributed by atoms with Crippen molar-refractivity contribution < 1.29 is 18.9 Å². The lowest BCUT2D eigenvalue weighted by molar-refractivity contribution is 0.308. The summed E-state index contributed by atoms with van der Waals surface area (Å²) >= 11 is 6.24. The van der Waals surface area contributed by atoms with Gasteiger partial charge in [0.25, 0.3) is 0 Å². The lowest BCUT2D eigenvalue weighted by Gasteiger charge is -2.24. The highest BCUT2D eigenvalue weighted by atomic mass is 35.5. The van der Waals surface area contributed by atoms with Crippen molar-refractivity contribution in [3.63, 3.8) is 0 Å². The highest BCUT2D eigenvalue weighted by Crippen LogP contribution is 2.43. The molecule has 5 nitrogen and oxygen atoms in total. The summed E-state index contributed by atoms with van der Waals surface area (Å²) in [6.07, 6.45) is 5.76. The van der Waals surface area contributed by atoms with Gasteiger partial charge in [0.05, 0.1) is 26.4 Å². The van der Waals surface area contributed by atoms with Crippen molar-refractivity contribution in [2.75, 3.05) is 28.4 Å². The van der Waals surface area contributed by atoms with Crippen molar-refractivity contribution in [1.82, 2.24) is 4.90 Å². The topological polar surface area (TPSA) is 40.2 Å². The predicted molar refractivity (Wildman–Crippen MR) is 88.7 cm³/mol. The van der Waals surface area contributed by atoms with E-state index < -0.39 is 0 Å². The summed E-state index contributed by atoms with van der Waals surface area (Å²) in [4.78, 5) is 2.03. The Morgan fingerprint density at radius 1 is 1.09 bits per heavy atom. The van der Waals surface area contributed by atoms with E-state index in [1.807, 2.05) is 42.4 Å². The zero-order valence-electron chi connectivity index (χ0n) is 13.4. The quantitative estimate of drug-likeness (QED) is 0.843. The lowest BCUT2D eigenvalue weighted by Crippen LogP contribution is -2.27. The minimum absolute atomic E-state index is 0.0124. The van der Waals surface area contributed by atoms with E-state index in [1.165, 1.54) is 0 Å². The molecule has 3 rings (SSSR count). The van der Waals surface area contributed by atoms with E-state index in [2.05, 4.69) is 0 Å². The van der Waals surface area contributed by atoms with Gasteiger partial charge < -0.3 is 23.8 Å². The van der Waals surface area contributed by atoms with E-state index in [0.29, 0.717) is 28.0 Å². The number of rotatable bonds is 4. The number of halogens is 1. The molecule has 2 aliphatic heterocycles. The number of hydrogen-bond donors (Lipinski definition) is 0. The van der Waals surface area contributed by atoms with Gasteiger partial charge in [0.1, 0.15) is 17.6 Å². The van der Waals surface area contributed by atoms with Crippen LogP contribution in [0.2, 0.25) is 0 Å². The number of ether oxygens (including phenoxy) is 4. The second kappa shape index (κ2) is 6.08. The van der Waals surface area contributed by atoms with Gasteiger partial charge in [-0.2, -0.15) is 0 Å². The van der Waals surface area contributed by atoms with Crippen molar-refractivity contribution in [3.05, 3.63) is 46.8 Å². The zero-order chi connectivity index (χ0) is 16.6. The van der Waals surface area contributed by atoms with Crippen LogP contribution in [0.3, 0.4) is 0 Å². The van der Waals surface area contributed by atoms with Crippen molar-refractivity contribution in [2.24, 2.45) is 0 Å². The molecule has 0 bridgehead atoms. The number of benzene rings is 1. The van der Waals surface area contributed by atoms with Gasteiger partial charge in [0.15, 0.2) is 11.5 Å². The van der Waals surface area contributed by atoms with Crippen LogP contribution in [0.1, 0.15) is 5.56 Å². The molecule has 0 saturated carbocycles. The maximum atomic E-state index is 6.24. The molecule has 6 heteroatoms. The molecule has 0 aromatic heterocycles. The molecule has 0 N–H and O–H groups in total. The van der Waals surface area contributed by atoms with Crippen LogP contribution in [-0.4, -0.2) is 39.3 Å². The number of fused-ring (bicyclic) bond motifs is 1. The van der Waals surface area contributed by atoms with Crippen LogP contribution < -0.4 is 14.2 Å². The Hall–Kier alpha value is -2.27. The van der Waals surface area contributed by atoms with Crippen molar-refractivity contribution in [3.8, 4) is 17.2 Å². The molecule has 0 radical (unpaired) electrons. The molecule has 0 aliphatic carbocycles. The first-order valence-electron chi connectivity index (χ1n) is 7.09. The van der Waals surface area contributed by atoms with E-state index in [0.717, 1.165) is 11.3 Å². The van der Waals surface area contributed by atoms with Crippen molar-refractivity contribution in [1.29, 1.82) is 0 Å². The van der Waals surface area contributed by atoms with Gasteiger partial charge in [-0.05, 0) is 24.3 Å². The normalized spacial score (nSPS) is 19.3. The fourth-order valence-electron chi connectivity index (χ4n) is 2.66. The molecule has 0 amide bonds. The number of methoxy groups -OCH3 is 3. The Labute approximate surface area is 140 Å². The maximum absolute atomic E-state index is 6.24. The summed E-state index contributed by atoms with van der Waals surface area (Å²) < 4.78 is 22.1. The van der Waals surface area contributed by atoms with Crippen LogP contribution >= 0.6 is 11.6 Å². The van der Waals surface area contributed by atoms with E-state index in [-0.39, 0.29) is 6.04 Å². The van der Waals surface area contributed by atoms with Crippen molar-refractivity contribution in [2.45, 2.75) is 6.04 Å². The minimum Gasteiger partial charge on any atom is -0.493 e. The molecule has 122 valence electrons. The number of nitrogens with zero attached hydrogens (tertiary/aromatic N) is 1. The van der Waals surface area contributed by atoms with E-state index in [1.54, 1.807) is 21.3 Å². The van der Waals surface area contributed by atoms with Crippen LogP contribution in [0.4, 0.5) is 0 Å². The summed E-state index contributed by atoms with van der Waals surface area (Å²) in [5.41, 5.74) is 0.833. The van der Waals surface area contributed by atoms with Gasteiger partial charge >= 0.3 is 0 Å². The number of allylic oxidation sites excluding steroid dienone is 2. The second-order valence-electron chi connectivity index (χ2n) is 5.19. The Bertz CT molecular complexity index is 698. The Morgan fingerprint density at radius 2 is 1.74 bits per heavy atom. The minimum atomic E-state index is -0.0124. The monoisotopic (exact) mass is 335 g/mol. The summed E-state index contributed by atoms with van der Waals surface area (Å²) in [6, 6.07) is 3.69. The first-order valence-corrected chi connectivity index (χ1v) is 7.46. The molecule has 23 heavy (non-hydrogen) atoms. The summed E-state index contributed by atoms with van der Waals surface area (Å²) in [5, 5.41) is 0.604. The Kier molecular flexibility index (Phi) is 4.13. The second-order valence-corrected chi connectivity index (χ2v) is 5.59. The highest BCUT2D eigenvalue weighted by molar-refractivity contribution is 6.31. The first kappa shape index (κ1) is 15.6. The van der Waals surface area contributed by atoms with Gasteiger partial charge in [0.2, 0.25) is 5.75 Å². The van der Waals surface area contributed by atoms with Gasteiger partial charge in [0, 0.05) is 18.8 Å². The third kappa shape index (κ3) is 2.61. The van der Waals surface area contributed by atoms with Gasteiger partial charge in [-0.1, -0.05) is 11.6 Å². The van der Waals surface area contributed by atoms with Crippen LogP contribution in [-0.2, 0) is 4.74 Å². The zero-order valence-corrected chi connectivity index (χ0v) is 14.2. The van der Waals surface area contributed by atoms with Crippen LogP contribution in [0, 0.1) is 0 Å². The van der Waals surface area contributed by atoms with Gasteiger partial charge in [-0.15, -0.1) is 0 Å². The summed E-state index contributed by atoms with van der Waals surface area (Å²) in [7, 11) is 6.72. The Morgan fingerprint density at radius 3 is 2.26 bits per heavy atom. The molecular weight excluding hydrogens is 318 g/mol. The summed E-state index contributed by atoms with van der Waals surface area (Å²) in [5.74, 6) is 3.13. The molecule has 1 aromatic carbocycles. The average molecular weight is 336 g/mol. The SMILES string of the molecule is COc1cc(C2=CC3C(=C(Cl)C=CN3C)O2)cc(OC)c1OC. The summed E-state index contributed by atoms with van der Waals surface area (Å²) in [6.45, 7) is 0.